The number of amidine groups is 1. The van der Waals surface area contributed by atoms with Gasteiger partial charge in [0, 0.05) is 74.9 Å². The molecule has 0 aromatic heterocycles. The van der Waals surface area contributed by atoms with Crippen LogP contribution in [0.5, 0.6) is 0 Å². The van der Waals surface area contributed by atoms with Gasteiger partial charge in [0.1, 0.15) is 17.5 Å². The monoisotopic (exact) mass is 390 g/mol. The van der Waals surface area contributed by atoms with Gasteiger partial charge in [-0.05, 0) is 6.07 Å². The molecule has 0 fully saturated rings. The molecule has 0 radical (unpaired) electrons. The molecule has 9 heteroatoms. The van der Waals surface area contributed by atoms with E-state index in [1.165, 1.54) is 19.2 Å². The molecule has 28 heavy (non-hydrogen) atoms. The lowest BCUT2D eigenvalue weighted by molar-refractivity contribution is -0.128. The predicted molar refractivity (Wildman–Crippen MR) is 106 cm³/mol. The summed E-state index contributed by atoms with van der Waals surface area (Å²) in [4.78, 5) is 13.3. The first-order valence-corrected chi connectivity index (χ1v) is 8.70. The number of nitrogens with zero attached hydrogens (tertiary/aromatic N) is 1. The maximum absolute atomic E-state index is 14.3. The summed E-state index contributed by atoms with van der Waals surface area (Å²) in [6.45, 7) is 2.21. The summed E-state index contributed by atoms with van der Waals surface area (Å²) in [5.74, 6) is -1.86. The number of hydrogen-bond donors (Lipinski definition) is 5. The number of hydrogen-bond acceptors (Lipinski definition) is 5. The number of amides is 1. The Hall–Kier alpha value is -3.23. The molecule has 1 heterocycles. The van der Waals surface area contributed by atoms with E-state index in [-0.39, 0.29) is 35.1 Å². The van der Waals surface area contributed by atoms with Crippen molar-refractivity contribution in [2.24, 2.45) is 0 Å². The number of carbonyl (C=O) groups is 1. The fourth-order valence-electron chi connectivity index (χ4n) is 2.97. The summed E-state index contributed by atoms with van der Waals surface area (Å²) in [5, 5.41) is 24.2. The van der Waals surface area contributed by atoms with Crippen LogP contribution in [-0.4, -0.2) is 50.0 Å². The van der Waals surface area contributed by atoms with Crippen molar-refractivity contribution in [3.8, 4) is 0 Å². The minimum absolute atomic E-state index is 0.0258. The van der Waals surface area contributed by atoms with E-state index in [4.69, 9.17) is 10.8 Å². The molecule has 0 atom stereocenters. The molecule has 1 aromatic rings. The van der Waals surface area contributed by atoms with Gasteiger partial charge in [0.25, 0.3) is 0 Å². The number of rotatable bonds is 6. The third-order valence-electron chi connectivity index (χ3n) is 4.48. The van der Waals surface area contributed by atoms with Crippen molar-refractivity contribution in [2.45, 2.75) is 13.3 Å². The quantitative estimate of drug-likeness (QED) is 0.380. The van der Waals surface area contributed by atoms with E-state index < -0.39 is 11.6 Å². The number of nitrogens with one attached hydrogen (secondary N) is 5. The van der Waals surface area contributed by atoms with Gasteiger partial charge < -0.3 is 26.3 Å². The zero-order chi connectivity index (χ0) is 20.8. The average molecular weight is 390 g/mol. The molecule has 0 spiro atoms. The molecule has 0 bridgehead atoms. The fourth-order valence-corrected chi connectivity index (χ4v) is 2.97. The number of allylic oxidation sites excluding steroid dienone is 1. The lowest BCUT2D eigenvalue weighted by atomic mass is 10.0. The first kappa shape index (κ1) is 21.1. The van der Waals surface area contributed by atoms with E-state index in [0.29, 0.717) is 24.6 Å². The van der Waals surface area contributed by atoms with Gasteiger partial charge in [0.2, 0.25) is 5.91 Å². The molecule has 0 aliphatic carbocycles. The number of halogens is 2. The standard InChI is InChI=1S/C19H24F2N6O/c1-11(28)27-5-4-17(25-3)14(10-27)19(23)26-18-6-13(12(8-22)9-24-2)15(20)7-16(18)21/h6-9,22,24-25H,4-5,10H2,1-3H3,(H2,23,26)/b12-9+,22-8?. The summed E-state index contributed by atoms with van der Waals surface area (Å²) < 4.78 is 28.5. The van der Waals surface area contributed by atoms with Crippen LogP contribution in [0.2, 0.25) is 0 Å². The Bertz CT molecular complexity index is 862. The topological polar surface area (TPSA) is 104 Å². The summed E-state index contributed by atoms with van der Waals surface area (Å²) in [6, 6.07) is 1.94. The molecule has 7 nitrogen and oxygen atoms in total. The van der Waals surface area contributed by atoms with E-state index in [9.17, 15) is 13.6 Å². The van der Waals surface area contributed by atoms with E-state index in [1.807, 2.05) is 0 Å². The first-order valence-electron chi connectivity index (χ1n) is 8.70. The second kappa shape index (κ2) is 9.12. The van der Waals surface area contributed by atoms with Gasteiger partial charge in [-0.1, -0.05) is 0 Å². The van der Waals surface area contributed by atoms with Crippen LogP contribution in [0, 0.1) is 22.5 Å². The maximum atomic E-state index is 14.3. The van der Waals surface area contributed by atoms with Crippen molar-refractivity contribution in [2.75, 3.05) is 32.5 Å². The van der Waals surface area contributed by atoms with Crippen LogP contribution in [-0.2, 0) is 4.79 Å². The molecule has 1 aliphatic heterocycles. The molecule has 0 saturated heterocycles. The van der Waals surface area contributed by atoms with Crippen molar-refractivity contribution in [3.63, 3.8) is 0 Å². The second-order valence-electron chi connectivity index (χ2n) is 6.24. The van der Waals surface area contributed by atoms with Crippen LogP contribution in [0.15, 0.2) is 29.6 Å². The van der Waals surface area contributed by atoms with E-state index in [0.717, 1.165) is 11.9 Å². The largest absolute Gasteiger partial charge is 0.393 e. The molecule has 1 aromatic carbocycles. The SMILES string of the molecule is CN/C=C(\C=N)c1cc(NC(=N)C2=C(NC)CCN(C(C)=O)C2)c(F)cc1F. The van der Waals surface area contributed by atoms with Crippen LogP contribution in [0.25, 0.3) is 5.57 Å². The minimum Gasteiger partial charge on any atom is -0.393 e. The zero-order valence-corrected chi connectivity index (χ0v) is 16.0. The van der Waals surface area contributed by atoms with Gasteiger partial charge in [-0.25, -0.2) is 8.78 Å². The lowest BCUT2D eigenvalue weighted by Crippen LogP contribution is -2.40. The molecule has 1 aliphatic rings. The summed E-state index contributed by atoms with van der Waals surface area (Å²) in [5.41, 5.74) is 1.48. The van der Waals surface area contributed by atoms with Gasteiger partial charge in [-0.3, -0.25) is 10.2 Å². The van der Waals surface area contributed by atoms with Crippen molar-refractivity contribution in [1.29, 1.82) is 10.8 Å². The zero-order valence-electron chi connectivity index (χ0n) is 16.0. The highest BCUT2D eigenvalue weighted by molar-refractivity contribution is 6.10. The Morgan fingerprint density at radius 2 is 1.96 bits per heavy atom. The molecule has 5 N–H and O–H groups in total. The van der Waals surface area contributed by atoms with Gasteiger partial charge in [-0.2, -0.15) is 0 Å². The average Bonchev–Trinajstić information content (AvgIpc) is 2.67. The molecular weight excluding hydrogens is 366 g/mol. The molecule has 0 unspecified atom stereocenters. The Kier molecular flexibility index (Phi) is 6.86. The summed E-state index contributed by atoms with van der Waals surface area (Å²) in [7, 11) is 3.33. The number of carbonyl (C=O) groups excluding carboxylic acids is 1. The smallest absolute Gasteiger partial charge is 0.219 e. The van der Waals surface area contributed by atoms with E-state index >= 15 is 0 Å². The Balaban J connectivity index is 2.37. The van der Waals surface area contributed by atoms with Crippen LogP contribution in [0.4, 0.5) is 14.5 Å². The first-order chi connectivity index (χ1) is 13.3. The Morgan fingerprint density at radius 1 is 1.25 bits per heavy atom. The van der Waals surface area contributed by atoms with Crippen LogP contribution >= 0.6 is 0 Å². The van der Waals surface area contributed by atoms with E-state index in [2.05, 4.69) is 16.0 Å². The third kappa shape index (κ3) is 4.54. The number of anilines is 1. The van der Waals surface area contributed by atoms with Crippen molar-refractivity contribution in [3.05, 3.63) is 46.8 Å². The van der Waals surface area contributed by atoms with Crippen molar-refractivity contribution >= 4 is 29.2 Å². The molecular formula is C19H24F2N6O. The van der Waals surface area contributed by atoms with Crippen LogP contribution in [0.1, 0.15) is 18.9 Å². The van der Waals surface area contributed by atoms with E-state index in [1.54, 1.807) is 19.0 Å². The molecule has 2 rings (SSSR count). The summed E-state index contributed by atoms with van der Waals surface area (Å²) >= 11 is 0. The molecule has 0 saturated carbocycles. The second-order valence-corrected chi connectivity index (χ2v) is 6.24. The van der Waals surface area contributed by atoms with Crippen molar-refractivity contribution < 1.29 is 13.6 Å². The maximum Gasteiger partial charge on any atom is 0.219 e. The predicted octanol–water partition coefficient (Wildman–Crippen LogP) is 2.29. The lowest BCUT2D eigenvalue weighted by Gasteiger charge is -2.30. The highest BCUT2D eigenvalue weighted by atomic mass is 19.1. The van der Waals surface area contributed by atoms with Gasteiger partial charge in [0.05, 0.1) is 12.2 Å². The summed E-state index contributed by atoms with van der Waals surface area (Å²) in [6.07, 6.45) is 2.93. The van der Waals surface area contributed by atoms with Crippen LogP contribution < -0.4 is 16.0 Å². The van der Waals surface area contributed by atoms with Gasteiger partial charge in [-0.15, -0.1) is 0 Å². The Labute approximate surface area is 162 Å². The fraction of sp³-hybridized carbons (Fsp3) is 0.316. The van der Waals surface area contributed by atoms with Gasteiger partial charge in [0.15, 0.2) is 0 Å². The highest BCUT2D eigenvalue weighted by Gasteiger charge is 2.24. The normalized spacial score (nSPS) is 14.6. The third-order valence-corrected chi connectivity index (χ3v) is 4.48. The van der Waals surface area contributed by atoms with Crippen LogP contribution in [0.3, 0.4) is 0 Å². The van der Waals surface area contributed by atoms with Crippen molar-refractivity contribution in [1.82, 2.24) is 15.5 Å². The Morgan fingerprint density at radius 3 is 2.54 bits per heavy atom. The van der Waals surface area contributed by atoms with Gasteiger partial charge >= 0.3 is 0 Å². The highest BCUT2D eigenvalue weighted by Crippen LogP contribution is 2.25. The number of benzene rings is 1. The minimum atomic E-state index is -0.856. The molecule has 1 amide bonds. The molecule has 150 valence electrons.